The molecule has 2 saturated heterocycles. The number of amides is 1. The summed E-state index contributed by atoms with van der Waals surface area (Å²) in [5, 5.41) is 3.15. The number of ether oxygens (including phenoxy) is 1. The summed E-state index contributed by atoms with van der Waals surface area (Å²) >= 11 is 0. The number of piperidine rings is 1. The van der Waals surface area contributed by atoms with Crippen LogP contribution < -0.4 is 16.0 Å². The summed E-state index contributed by atoms with van der Waals surface area (Å²) < 4.78 is 5.30. The van der Waals surface area contributed by atoms with E-state index in [2.05, 4.69) is 34.5 Å². The number of nitrogens with two attached hydrogens (primary N) is 1. The smallest absolute Gasteiger partial charge is 0.240 e. The van der Waals surface area contributed by atoms with Gasteiger partial charge in [0, 0.05) is 38.0 Å². The topological polar surface area (TPSA) is 67.6 Å². The maximum absolute atomic E-state index is 12.4. The molecular formula is C17H27Cl2N3O2. The van der Waals surface area contributed by atoms with Crippen molar-refractivity contribution in [3.8, 4) is 0 Å². The molecule has 0 unspecified atom stereocenters. The molecule has 2 fully saturated rings. The maximum Gasteiger partial charge on any atom is 0.240 e. The molecule has 1 amide bonds. The molecule has 2 aliphatic heterocycles. The van der Waals surface area contributed by atoms with E-state index in [4.69, 9.17) is 10.5 Å². The first-order valence-electron chi connectivity index (χ1n) is 8.15. The van der Waals surface area contributed by atoms with Crippen molar-refractivity contribution in [2.24, 2.45) is 5.73 Å². The third-order valence-corrected chi connectivity index (χ3v) is 4.79. The molecule has 0 saturated carbocycles. The van der Waals surface area contributed by atoms with E-state index >= 15 is 0 Å². The van der Waals surface area contributed by atoms with Gasteiger partial charge in [-0.05, 0) is 37.8 Å². The lowest BCUT2D eigenvalue weighted by atomic mass is 9.89. The largest absolute Gasteiger partial charge is 0.381 e. The number of para-hydroxylation sites is 1. The second kappa shape index (κ2) is 9.47. The van der Waals surface area contributed by atoms with Crippen molar-refractivity contribution in [2.75, 3.05) is 31.2 Å². The molecule has 2 heterocycles. The molecule has 0 aromatic heterocycles. The molecule has 24 heavy (non-hydrogen) atoms. The van der Waals surface area contributed by atoms with E-state index in [1.165, 1.54) is 5.69 Å². The summed E-state index contributed by atoms with van der Waals surface area (Å²) in [4.78, 5) is 14.8. The first kappa shape index (κ1) is 21.0. The number of carbonyl (C=O) groups is 1. The lowest BCUT2D eigenvalue weighted by Crippen LogP contribution is -2.59. The highest BCUT2D eigenvalue weighted by atomic mass is 35.5. The molecule has 0 aliphatic carbocycles. The molecule has 7 heteroatoms. The van der Waals surface area contributed by atoms with Gasteiger partial charge in [-0.15, -0.1) is 24.8 Å². The Kier molecular flexibility index (Phi) is 8.30. The number of nitrogens with zero attached hydrogens (tertiary/aromatic N) is 1. The number of carbonyl (C=O) groups excluding carboxylic acids is 1. The van der Waals surface area contributed by atoms with Gasteiger partial charge in [0.1, 0.15) is 0 Å². The second-order valence-corrected chi connectivity index (χ2v) is 6.34. The van der Waals surface area contributed by atoms with E-state index in [-0.39, 0.29) is 36.8 Å². The number of halogens is 2. The zero-order valence-corrected chi connectivity index (χ0v) is 15.4. The third-order valence-electron chi connectivity index (χ3n) is 4.79. The first-order chi connectivity index (χ1) is 10.7. The number of hydrogen-bond acceptors (Lipinski definition) is 4. The number of anilines is 1. The molecule has 1 aromatic rings. The van der Waals surface area contributed by atoms with Crippen LogP contribution in [0.15, 0.2) is 30.3 Å². The van der Waals surface area contributed by atoms with E-state index in [1.54, 1.807) is 0 Å². The van der Waals surface area contributed by atoms with Crippen LogP contribution in [0.1, 0.15) is 25.7 Å². The van der Waals surface area contributed by atoms with E-state index in [0.29, 0.717) is 26.1 Å². The molecular weight excluding hydrogens is 349 g/mol. The monoisotopic (exact) mass is 375 g/mol. The van der Waals surface area contributed by atoms with Crippen LogP contribution in [0.5, 0.6) is 0 Å². The van der Waals surface area contributed by atoms with Crippen molar-refractivity contribution in [3.63, 3.8) is 0 Å². The van der Waals surface area contributed by atoms with Crippen LogP contribution in [0.4, 0.5) is 5.69 Å². The Hall–Kier alpha value is -1.01. The zero-order chi connectivity index (χ0) is 15.4. The van der Waals surface area contributed by atoms with Crippen LogP contribution in [0.25, 0.3) is 0 Å². The Morgan fingerprint density at radius 3 is 2.29 bits per heavy atom. The predicted octanol–water partition coefficient (Wildman–Crippen LogP) is 2.12. The van der Waals surface area contributed by atoms with E-state index < -0.39 is 5.54 Å². The molecule has 0 radical (unpaired) electrons. The Labute approximate surface area is 156 Å². The minimum Gasteiger partial charge on any atom is -0.381 e. The molecule has 2 aliphatic rings. The zero-order valence-electron chi connectivity index (χ0n) is 13.8. The Balaban J connectivity index is 0.00000144. The summed E-state index contributed by atoms with van der Waals surface area (Å²) in [6.07, 6.45) is 3.16. The fraction of sp³-hybridized carbons (Fsp3) is 0.588. The van der Waals surface area contributed by atoms with Gasteiger partial charge < -0.3 is 20.7 Å². The molecule has 0 spiro atoms. The fourth-order valence-electron chi connectivity index (χ4n) is 3.21. The van der Waals surface area contributed by atoms with Gasteiger partial charge >= 0.3 is 0 Å². The summed E-state index contributed by atoms with van der Waals surface area (Å²) in [7, 11) is 0. The van der Waals surface area contributed by atoms with Gasteiger partial charge in [0.15, 0.2) is 0 Å². The molecule has 0 atom stereocenters. The Morgan fingerprint density at radius 1 is 1.12 bits per heavy atom. The molecule has 3 N–H and O–H groups in total. The van der Waals surface area contributed by atoms with Crippen molar-refractivity contribution in [1.29, 1.82) is 0 Å². The van der Waals surface area contributed by atoms with Crippen molar-refractivity contribution < 1.29 is 9.53 Å². The van der Waals surface area contributed by atoms with Gasteiger partial charge in [-0.25, -0.2) is 0 Å². The molecule has 3 rings (SSSR count). The van der Waals surface area contributed by atoms with Crippen LogP contribution >= 0.6 is 24.8 Å². The second-order valence-electron chi connectivity index (χ2n) is 6.34. The quantitative estimate of drug-likeness (QED) is 0.848. The van der Waals surface area contributed by atoms with Gasteiger partial charge in [-0.2, -0.15) is 0 Å². The van der Waals surface area contributed by atoms with Gasteiger partial charge in [-0.3, -0.25) is 4.79 Å². The average Bonchev–Trinajstić information content (AvgIpc) is 2.57. The lowest BCUT2D eigenvalue weighted by molar-refractivity contribution is -0.130. The standard InChI is InChI=1S/C17H25N3O2.2ClH/c18-17(8-12-22-13-9-17)16(21)19-14-6-10-20(11-7-14)15-4-2-1-3-5-15;;/h1-5,14H,6-13,18H2,(H,19,21);2*1H. The minimum atomic E-state index is -0.741. The first-order valence-corrected chi connectivity index (χ1v) is 8.15. The van der Waals surface area contributed by atoms with Crippen molar-refractivity contribution in [1.82, 2.24) is 5.32 Å². The molecule has 5 nitrogen and oxygen atoms in total. The molecule has 1 aromatic carbocycles. The maximum atomic E-state index is 12.4. The van der Waals surface area contributed by atoms with Crippen molar-refractivity contribution in [2.45, 2.75) is 37.3 Å². The number of hydrogen-bond donors (Lipinski definition) is 2. The molecule has 136 valence electrons. The van der Waals surface area contributed by atoms with E-state index in [9.17, 15) is 4.79 Å². The fourth-order valence-corrected chi connectivity index (χ4v) is 3.21. The normalized spacial score (nSPS) is 20.5. The Morgan fingerprint density at radius 2 is 1.71 bits per heavy atom. The third kappa shape index (κ3) is 4.99. The van der Waals surface area contributed by atoms with Gasteiger partial charge in [0.2, 0.25) is 5.91 Å². The lowest BCUT2D eigenvalue weighted by Gasteiger charge is -2.37. The number of nitrogens with one attached hydrogen (secondary N) is 1. The van der Waals surface area contributed by atoms with Gasteiger partial charge in [-0.1, -0.05) is 18.2 Å². The van der Waals surface area contributed by atoms with Crippen LogP contribution in [0.3, 0.4) is 0 Å². The number of benzene rings is 1. The summed E-state index contributed by atoms with van der Waals surface area (Å²) in [6.45, 7) is 3.10. The average molecular weight is 376 g/mol. The number of rotatable bonds is 3. The highest BCUT2D eigenvalue weighted by Gasteiger charge is 2.37. The van der Waals surface area contributed by atoms with Crippen LogP contribution in [0.2, 0.25) is 0 Å². The van der Waals surface area contributed by atoms with Crippen molar-refractivity contribution >= 4 is 36.4 Å². The van der Waals surface area contributed by atoms with Crippen LogP contribution in [-0.2, 0) is 9.53 Å². The van der Waals surface area contributed by atoms with Gasteiger partial charge in [0.05, 0.1) is 5.54 Å². The SMILES string of the molecule is Cl.Cl.NC1(C(=O)NC2CCN(c3ccccc3)CC2)CCOCC1. The summed E-state index contributed by atoms with van der Waals surface area (Å²) in [5.74, 6) is -0.00559. The predicted molar refractivity (Wildman–Crippen MR) is 101 cm³/mol. The van der Waals surface area contributed by atoms with Crippen LogP contribution in [-0.4, -0.2) is 43.8 Å². The van der Waals surface area contributed by atoms with Crippen LogP contribution in [0, 0.1) is 0 Å². The van der Waals surface area contributed by atoms with Crippen molar-refractivity contribution in [3.05, 3.63) is 30.3 Å². The highest BCUT2D eigenvalue weighted by molar-refractivity contribution is 5.86. The van der Waals surface area contributed by atoms with E-state index in [1.807, 2.05) is 6.07 Å². The summed E-state index contributed by atoms with van der Waals surface area (Å²) in [5.41, 5.74) is 6.75. The molecule has 0 bridgehead atoms. The highest BCUT2D eigenvalue weighted by Crippen LogP contribution is 2.21. The van der Waals surface area contributed by atoms with Gasteiger partial charge in [0.25, 0.3) is 0 Å². The Bertz CT molecular complexity index is 502. The minimum absolute atomic E-state index is 0. The van der Waals surface area contributed by atoms with E-state index in [0.717, 1.165) is 25.9 Å². The summed E-state index contributed by atoms with van der Waals surface area (Å²) in [6, 6.07) is 10.7.